The number of carbonyl (C=O) groups is 2. The van der Waals surface area contributed by atoms with Gasteiger partial charge in [0.15, 0.2) is 0 Å². The third-order valence-corrected chi connectivity index (χ3v) is 3.06. The zero-order valence-corrected chi connectivity index (χ0v) is 12.3. The third-order valence-electron chi connectivity index (χ3n) is 3.06. The van der Waals surface area contributed by atoms with E-state index in [-0.39, 0.29) is 5.91 Å². The highest BCUT2D eigenvalue weighted by molar-refractivity contribution is 6.05. The predicted octanol–water partition coefficient (Wildman–Crippen LogP) is 2.75. The number of urea groups is 1. The summed E-state index contributed by atoms with van der Waals surface area (Å²) in [6.45, 7) is 1.90. The van der Waals surface area contributed by atoms with E-state index in [9.17, 15) is 9.59 Å². The minimum atomic E-state index is -0.660. The first-order valence-electron chi connectivity index (χ1n) is 6.62. The first kappa shape index (κ1) is 15.4. The number of nitrogens with two attached hydrogens (primary N) is 1. The van der Waals surface area contributed by atoms with E-state index in [1.807, 2.05) is 13.0 Å². The number of carbonyl (C=O) groups excluding carboxylic acids is 2. The lowest BCUT2D eigenvalue weighted by Gasteiger charge is -2.10. The van der Waals surface area contributed by atoms with Crippen molar-refractivity contribution in [3.63, 3.8) is 0 Å². The maximum absolute atomic E-state index is 12.2. The van der Waals surface area contributed by atoms with Gasteiger partial charge in [0, 0.05) is 16.9 Å². The molecule has 0 atom stereocenters. The monoisotopic (exact) mass is 299 g/mol. The van der Waals surface area contributed by atoms with Crippen LogP contribution in [0.1, 0.15) is 15.9 Å². The lowest BCUT2D eigenvalue weighted by molar-refractivity contribution is 0.102. The normalized spacial score (nSPS) is 9.91. The molecule has 0 unspecified atom stereocenters. The summed E-state index contributed by atoms with van der Waals surface area (Å²) in [6.07, 6.45) is 0. The molecule has 3 amide bonds. The van der Waals surface area contributed by atoms with Crippen LogP contribution in [0.15, 0.2) is 42.5 Å². The zero-order chi connectivity index (χ0) is 16.1. The zero-order valence-electron chi connectivity index (χ0n) is 12.3. The maximum Gasteiger partial charge on any atom is 0.316 e. The van der Waals surface area contributed by atoms with Crippen LogP contribution in [0.5, 0.6) is 5.75 Å². The molecule has 6 heteroatoms. The number of methoxy groups -OCH3 is 1. The first-order chi connectivity index (χ1) is 10.5. The van der Waals surface area contributed by atoms with Crippen molar-refractivity contribution >= 4 is 23.3 Å². The van der Waals surface area contributed by atoms with Gasteiger partial charge in [-0.15, -0.1) is 0 Å². The number of hydrogen-bond acceptors (Lipinski definition) is 3. The molecule has 0 aliphatic heterocycles. The van der Waals surface area contributed by atoms with Gasteiger partial charge in [-0.1, -0.05) is 12.1 Å². The summed E-state index contributed by atoms with van der Waals surface area (Å²) in [5.74, 6) is 0.381. The Morgan fingerprint density at radius 2 is 1.73 bits per heavy atom. The second-order valence-corrected chi connectivity index (χ2v) is 4.71. The third kappa shape index (κ3) is 3.76. The highest BCUT2D eigenvalue weighted by Crippen LogP contribution is 2.21. The minimum Gasteiger partial charge on any atom is -0.496 e. The molecular formula is C16H17N3O3. The number of anilines is 2. The van der Waals surface area contributed by atoms with E-state index in [4.69, 9.17) is 10.5 Å². The van der Waals surface area contributed by atoms with Crippen molar-refractivity contribution < 1.29 is 14.3 Å². The molecule has 2 rings (SSSR count). The first-order valence-corrected chi connectivity index (χ1v) is 6.62. The number of amides is 3. The Morgan fingerprint density at radius 1 is 1.05 bits per heavy atom. The topological polar surface area (TPSA) is 93.4 Å². The summed E-state index contributed by atoms with van der Waals surface area (Å²) < 4.78 is 5.21. The van der Waals surface area contributed by atoms with Crippen molar-refractivity contribution in [3.05, 3.63) is 53.6 Å². The molecule has 0 aliphatic carbocycles. The average molecular weight is 299 g/mol. The highest BCUT2D eigenvalue weighted by Gasteiger charge is 2.09. The highest BCUT2D eigenvalue weighted by atomic mass is 16.5. The van der Waals surface area contributed by atoms with Crippen LogP contribution in [0.25, 0.3) is 0 Å². The van der Waals surface area contributed by atoms with Crippen molar-refractivity contribution in [1.29, 1.82) is 0 Å². The van der Waals surface area contributed by atoms with Gasteiger partial charge in [-0.05, 0) is 42.8 Å². The molecule has 0 saturated carbocycles. The van der Waals surface area contributed by atoms with E-state index >= 15 is 0 Å². The summed E-state index contributed by atoms with van der Waals surface area (Å²) >= 11 is 0. The van der Waals surface area contributed by atoms with Crippen LogP contribution in [0.2, 0.25) is 0 Å². The second-order valence-electron chi connectivity index (χ2n) is 4.71. The lowest BCUT2D eigenvalue weighted by atomic mass is 10.1. The number of hydrogen-bond donors (Lipinski definition) is 3. The number of ether oxygens (including phenoxy) is 1. The second kappa shape index (κ2) is 6.62. The standard InChI is InChI=1S/C16H17N3O3/c1-10-6-7-11(8-14(10)22-2)15(20)18-12-4-3-5-13(9-12)19-16(17)21/h3-9H,1-2H3,(H,18,20)(H3,17,19,21). The molecule has 114 valence electrons. The Labute approximate surface area is 128 Å². The van der Waals surface area contributed by atoms with Gasteiger partial charge < -0.3 is 21.1 Å². The Bertz CT molecular complexity index is 714. The molecule has 22 heavy (non-hydrogen) atoms. The summed E-state index contributed by atoms with van der Waals surface area (Å²) in [6, 6.07) is 11.3. The Balaban J connectivity index is 2.16. The van der Waals surface area contributed by atoms with Crippen LogP contribution >= 0.6 is 0 Å². The van der Waals surface area contributed by atoms with E-state index in [1.165, 1.54) is 0 Å². The molecule has 2 aromatic carbocycles. The molecule has 0 heterocycles. The molecule has 0 saturated heterocycles. The summed E-state index contributed by atoms with van der Waals surface area (Å²) in [7, 11) is 1.56. The van der Waals surface area contributed by atoms with Crippen LogP contribution in [0.4, 0.5) is 16.2 Å². The maximum atomic E-state index is 12.2. The van der Waals surface area contributed by atoms with Gasteiger partial charge in [0.2, 0.25) is 0 Å². The molecule has 0 radical (unpaired) electrons. The van der Waals surface area contributed by atoms with Gasteiger partial charge in [0.25, 0.3) is 5.91 Å². The van der Waals surface area contributed by atoms with Crippen LogP contribution in [-0.4, -0.2) is 19.0 Å². The molecule has 4 N–H and O–H groups in total. The smallest absolute Gasteiger partial charge is 0.316 e. The van der Waals surface area contributed by atoms with Crippen LogP contribution < -0.4 is 21.1 Å². The summed E-state index contributed by atoms with van der Waals surface area (Å²) in [5.41, 5.74) is 7.55. The SMILES string of the molecule is COc1cc(C(=O)Nc2cccc(NC(N)=O)c2)ccc1C. The summed E-state index contributed by atoms with van der Waals surface area (Å²) in [5, 5.41) is 5.21. The quantitative estimate of drug-likeness (QED) is 0.810. The molecule has 0 aromatic heterocycles. The molecule has 0 spiro atoms. The fourth-order valence-electron chi connectivity index (χ4n) is 1.98. The number of nitrogens with one attached hydrogen (secondary N) is 2. The van der Waals surface area contributed by atoms with Crippen LogP contribution in [-0.2, 0) is 0 Å². The number of benzene rings is 2. The van der Waals surface area contributed by atoms with Crippen molar-refractivity contribution in [1.82, 2.24) is 0 Å². The Morgan fingerprint density at radius 3 is 2.36 bits per heavy atom. The average Bonchev–Trinajstić information content (AvgIpc) is 2.47. The molecule has 0 fully saturated rings. The molecule has 0 bridgehead atoms. The lowest BCUT2D eigenvalue weighted by Crippen LogP contribution is -2.19. The molecule has 2 aromatic rings. The summed E-state index contributed by atoms with van der Waals surface area (Å²) in [4.78, 5) is 23.1. The van der Waals surface area contributed by atoms with Gasteiger partial charge in [0.1, 0.15) is 5.75 Å². The minimum absolute atomic E-state index is 0.269. The Kier molecular flexibility index (Phi) is 4.63. The van der Waals surface area contributed by atoms with Gasteiger partial charge in [-0.2, -0.15) is 0 Å². The Hall–Kier alpha value is -3.02. The van der Waals surface area contributed by atoms with E-state index in [0.717, 1.165) is 5.56 Å². The number of primary amides is 1. The fourth-order valence-corrected chi connectivity index (χ4v) is 1.98. The van der Waals surface area contributed by atoms with Crippen molar-refractivity contribution in [2.45, 2.75) is 6.92 Å². The fraction of sp³-hybridized carbons (Fsp3) is 0.125. The number of rotatable bonds is 4. The van der Waals surface area contributed by atoms with Gasteiger partial charge in [-0.25, -0.2) is 4.79 Å². The molecular weight excluding hydrogens is 282 g/mol. The molecule has 6 nitrogen and oxygen atoms in total. The van der Waals surface area contributed by atoms with Gasteiger partial charge in [0.05, 0.1) is 7.11 Å². The largest absolute Gasteiger partial charge is 0.496 e. The molecule has 0 aliphatic rings. The number of aryl methyl sites for hydroxylation is 1. The van der Waals surface area contributed by atoms with Crippen molar-refractivity contribution in [2.75, 3.05) is 17.7 Å². The van der Waals surface area contributed by atoms with E-state index < -0.39 is 6.03 Å². The predicted molar refractivity (Wildman–Crippen MR) is 85.3 cm³/mol. The van der Waals surface area contributed by atoms with Gasteiger partial charge in [-0.3, -0.25) is 4.79 Å². The van der Waals surface area contributed by atoms with Crippen LogP contribution in [0, 0.1) is 6.92 Å². The van der Waals surface area contributed by atoms with E-state index in [0.29, 0.717) is 22.7 Å². The van der Waals surface area contributed by atoms with Crippen LogP contribution in [0.3, 0.4) is 0 Å². The van der Waals surface area contributed by atoms with E-state index in [2.05, 4.69) is 10.6 Å². The van der Waals surface area contributed by atoms with Crippen molar-refractivity contribution in [3.8, 4) is 5.75 Å². The van der Waals surface area contributed by atoms with Gasteiger partial charge >= 0.3 is 6.03 Å². The van der Waals surface area contributed by atoms with Crippen molar-refractivity contribution in [2.24, 2.45) is 5.73 Å². The van der Waals surface area contributed by atoms with E-state index in [1.54, 1.807) is 43.5 Å².